The number of rotatable bonds is 4. The van der Waals surface area contributed by atoms with Crippen molar-refractivity contribution < 1.29 is 12.6 Å². The molecule has 0 radical (unpaired) electrons. The van der Waals surface area contributed by atoms with Crippen LogP contribution in [0.4, 0.5) is 0 Å². The number of hydrogen-bond acceptors (Lipinski definition) is 1. The molecule has 0 N–H and O–H groups in total. The summed E-state index contributed by atoms with van der Waals surface area (Å²) in [5.74, 6) is 0. The topological polar surface area (TPSA) is 13.1 Å². The van der Waals surface area contributed by atoms with Gasteiger partial charge in [0.2, 0.25) is 0 Å². The molecule has 0 bridgehead atoms. The largest absolute Gasteiger partial charge is 0.455 e. The van der Waals surface area contributed by atoms with Crippen LogP contribution in [0.15, 0.2) is 198 Å². The van der Waals surface area contributed by atoms with Crippen LogP contribution in [0.5, 0.6) is 0 Å². The molecule has 1 aromatic heterocycles. The molecular formula is C52H32O. The van der Waals surface area contributed by atoms with E-state index < -0.39 is 6.04 Å². The molecule has 1 heterocycles. The van der Waals surface area contributed by atoms with Gasteiger partial charge in [0.1, 0.15) is 11.2 Å². The van der Waals surface area contributed by atoms with Gasteiger partial charge < -0.3 is 4.42 Å². The minimum Gasteiger partial charge on any atom is -0.455 e. The van der Waals surface area contributed by atoms with E-state index in [1.807, 2.05) is 36.4 Å². The van der Waals surface area contributed by atoms with Gasteiger partial charge in [-0.3, -0.25) is 0 Å². The van der Waals surface area contributed by atoms with E-state index in [2.05, 4.69) is 121 Å². The highest BCUT2D eigenvalue weighted by Crippen LogP contribution is 2.46. The summed E-state index contributed by atoms with van der Waals surface area (Å²) in [7, 11) is 0. The molecule has 0 aliphatic carbocycles. The van der Waals surface area contributed by atoms with Gasteiger partial charge in [0.05, 0.1) is 8.22 Å². The van der Waals surface area contributed by atoms with E-state index in [9.17, 15) is 0 Å². The van der Waals surface area contributed by atoms with Crippen molar-refractivity contribution in [2.45, 2.75) is 0 Å². The monoisotopic (exact) mass is 678 g/mol. The molecule has 0 unspecified atom stereocenters. The van der Waals surface area contributed by atoms with Gasteiger partial charge in [-0.15, -0.1) is 0 Å². The van der Waals surface area contributed by atoms with Crippen molar-refractivity contribution in [3.63, 3.8) is 0 Å². The Kier molecular flexibility index (Phi) is 5.40. The highest BCUT2D eigenvalue weighted by atomic mass is 16.3. The van der Waals surface area contributed by atoms with Crippen molar-refractivity contribution in [2.24, 2.45) is 0 Å². The predicted molar refractivity (Wildman–Crippen MR) is 225 cm³/mol. The Hall–Kier alpha value is -6.96. The summed E-state index contributed by atoms with van der Waals surface area (Å²) in [5.41, 5.74) is 9.46. The third kappa shape index (κ3) is 4.64. The van der Waals surface area contributed by atoms with Crippen LogP contribution in [-0.2, 0) is 0 Å². The average molecular weight is 679 g/mol. The number of furan rings is 1. The van der Waals surface area contributed by atoms with E-state index >= 15 is 0 Å². The first kappa shape index (κ1) is 24.3. The van der Waals surface area contributed by atoms with Gasteiger partial charge in [0, 0.05) is 16.2 Å². The fourth-order valence-electron chi connectivity index (χ4n) is 8.26. The zero-order valence-electron chi connectivity index (χ0n) is 34.4. The predicted octanol–water partition coefficient (Wildman–Crippen LogP) is 14.9. The third-order valence-corrected chi connectivity index (χ3v) is 10.6. The minimum absolute atomic E-state index is 0.0182. The molecule has 0 saturated heterocycles. The van der Waals surface area contributed by atoms with Crippen LogP contribution in [0.3, 0.4) is 0 Å². The van der Waals surface area contributed by atoms with Crippen molar-refractivity contribution >= 4 is 65.0 Å². The second kappa shape index (κ2) is 11.8. The zero-order valence-corrected chi connectivity index (χ0v) is 28.4. The van der Waals surface area contributed by atoms with E-state index in [0.717, 1.165) is 49.4 Å². The second-order valence-corrected chi connectivity index (χ2v) is 13.5. The fraction of sp³-hybridized carbons (Fsp3) is 0. The summed E-state index contributed by atoms with van der Waals surface area (Å²) in [6, 6.07) is 53.2. The molecule has 0 atom stereocenters. The Balaban J connectivity index is 1.13. The molecular weight excluding hydrogens is 641 g/mol. The average Bonchev–Trinajstić information content (AvgIpc) is 3.68. The molecule has 246 valence electrons. The molecule has 53 heavy (non-hydrogen) atoms. The van der Waals surface area contributed by atoms with E-state index in [-0.39, 0.29) is 46.6 Å². The Morgan fingerprint density at radius 3 is 1.64 bits per heavy atom. The molecule has 0 aliphatic heterocycles. The first-order chi connectivity index (χ1) is 28.8. The molecule has 0 fully saturated rings. The molecule has 10 aromatic carbocycles. The number of fused-ring (bicyclic) bond motifs is 9. The maximum Gasteiger partial charge on any atom is 0.143 e. The Bertz CT molecular complexity index is 3500. The minimum atomic E-state index is -0.429. The van der Waals surface area contributed by atoms with Crippen LogP contribution in [-0.4, -0.2) is 0 Å². The summed E-state index contributed by atoms with van der Waals surface area (Å²) in [6.07, 6.45) is 0. The third-order valence-electron chi connectivity index (χ3n) is 10.6. The number of hydrogen-bond donors (Lipinski definition) is 0. The summed E-state index contributed by atoms with van der Waals surface area (Å²) in [5, 5.41) is 7.67. The molecule has 0 saturated carbocycles. The van der Waals surface area contributed by atoms with Gasteiger partial charge in [-0.1, -0.05) is 176 Å². The van der Waals surface area contributed by atoms with Gasteiger partial charge >= 0.3 is 0 Å². The Morgan fingerprint density at radius 1 is 0.358 bits per heavy atom. The molecule has 0 amide bonds. The van der Waals surface area contributed by atoms with Crippen LogP contribution >= 0.6 is 0 Å². The fourth-order valence-corrected chi connectivity index (χ4v) is 8.26. The van der Waals surface area contributed by atoms with Crippen LogP contribution < -0.4 is 0 Å². The SMILES string of the molecule is [2H]c1c([2H])c([2H])c2c(c1[2H])c([2H])c([2H])c1oc3c4ccccc4c(-c4ccc(-c5c6ccccc6c(-c6cccc(-c7ccccc7)c6)c6ccccc56)cc4)cc3c12. The van der Waals surface area contributed by atoms with E-state index in [4.69, 9.17) is 12.6 Å². The summed E-state index contributed by atoms with van der Waals surface area (Å²) in [4.78, 5) is 0. The normalized spacial score (nSPS) is 13.4. The van der Waals surface area contributed by atoms with Crippen LogP contribution in [0.1, 0.15) is 8.22 Å². The quantitative estimate of drug-likeness (QED) is 0.169. The lowest BCUT2D eigenvalue weighted by molar-refractivity contribution is 0.673. The summed E-state index contributed by atoms with van der Waals surface area (Å²) < 4.78 is 58.5. The molecule has 0 aliphatic rings. The highest BCUT2D eigenvalue weighted by molar-refractivity contribution is 6.25. The molecule has 0 spiro atoms. The molecule has 11 rings (SSSR count). The van der Waals surface area contributed by atoms with Gasteiger partial charge in [0.25, 0.3) is 0 Å². The Morgan fingerprint density at radius 2 is 0.925 bits per heavy atom. The van der Waals surface area contributed by atoms with Gasteiger partial charge in [-0.05, 0) is 100 Å². The van der Waals surface area contributed by atoms with Crippen LogP contribution in [0, 0.1) is 0 Å². The molecule has 1 nitrogen and oxygen atoms in total. The second-order valence-electron chi connectivity index (χ2n) is 13.5. The lowest BCUT2D eigenvalue weighted by Gasteiger charge is -2.18. The first-order valence-electron chi connectivity index (χ1n) is 20.8. The Labute approximate surface area is 315 Å². The molecule has 11 aromatic rings. The lowest BCUT2D eigenvalue weighted by atomic mass is 9.85. The highest BCUT2D eigenvalue weighted by Gasteiger charge is 2.19. The smallest absolute Gasteiger partial charge is 0.143 e. The van der Waals surface area contributed by atoms with Gasteiger partial charge in [-0.2, -0.15) is 0 Å². The summed E-state index contributed by atoms with van der Waals surface area (Å²) in [6.45, 7) is 0. The van der Waals surface area contributed by atoms with E-state index in [1.165, 1.54) is 27.5 Å². The summed E-state index contributed by atoms with van der Waals surface area (Å²) >= 11 is 0. The molecule has 1 heteroatoms. The van der Waals surface area contributed by atoms with Crippen LogP contribution in [0.25, 0.3) is 110 Å². The van der Waals surface area contributed by atoms with Crippen molar-refractivity contribution in [3.8, 4) is 44.5 Å². The van der Waals surface area contributed by atoms with Gasteiger partial charge in [0.15, 0.2) is 0 Å². The van der Waals surface area contributed by atoms with Crippen molar-refractivity contribution in [3.05, 3.63) is 194 Å². The van der Waals surface area contributed by atoms with E-state index in [0.29, 0.717) is 16.4 Å². The lowest BCUT2D eigenvalue weighted by Crippen LogP contribution is -1.91. The van der Waals surface area contributed by atoms with Gasteiger partial charge in [-0.25, -0.2) is 0 Å². The maximum atomic E-state index is 8.92. The first-order valence-corrected chi connectivity index (χ1v) is 17.8. The standard InChI is InChI=1S/C52H32O/c1-2-13-33(14-3-1)37-16-12-17-38(31-37)50-43-22-9-7-20-41(43)49(42-21-8-10-23-44(42)50)36-27-25-35(26-28-36)46-32-47-51-39-18-5-4-15-34(39)29-30-48(51)53-52(47)45-24-11-6-19-40(45)46/h1-32H/i4D,5D,15D,18D,29D,30D. The maximum absolute atomic E-state index is 8.92. The van der Waals surface area contributed by atoms with Crippen molar-refractivity contribution in [1.82, 2.24) is 0 Å². The van der Waals surface area contributed by atoms with Crippen molar-refractivity contribution in [2.75, 3.05) is 0 Å². The van der Waals surface area contributed by atoms with Crippen LogP contribution in [0.2, 0.25) is 0 Å². The zero-order chi connectivity index (χ0) is 40.1. The number of benzene rings is 10. The van der Waals surface area contributed by atoms with E-state index in [1.54, 1.807) is 0 Å². The van der Waals surface area contributed by atoms with Crippen molar-refractivity contribution in [1.29, 1.82) is 0 Å².